The summed E-state index contributed by atoms with van der Waals surface area (Å²) < 4.78 is 1.91. The third-order valence-corrected chi connectivity index (χ3v) is 8.43. The Morgan fingerprint density at radius 2 is 1.97 bits per heavy atom. The number of thiophene rings is 1. The van der Waals surface area contributed by atoms with Crippen LogP contribution in [-0.4, -0.2) is 61.2 Å². The Hall–Kier alpha value is -3.30. The summed E-state index contributed by atoms with van der Waals surface area (Å²) in [4.78, 5) is 31.6. The average molecular weight is 503 g/mol. The molecule has 2 atom stereocenters. The van der Waals surface area contributed by atoms with Crippen molar-refractivity contribution in [3.63, 3.8) is 0 Å². The number of aryl methyl sites for hydroxylation is 1. The second-order valence-electron chi connectivity index (χ2n) is 9.81. The van der Waals surface area contributed by atoms with Crippen molar-refractivity contribution in [1.29, 1.82) is 0 Å². The number of hydrogen-bond donors (Lipinski definition) is 2. The van der Waals surface area contributed by atoms with Crippen LogP contribution in [0, 0.1) is 5.92 Å². The molecular formula is C27H30N6O2S. The maximum absolute atomic E-state index is 13.7. The molecule has 6 rings (SSSR count). The number of likely N-dealkylation sites (tertiary alicyclic amines) is 1. The van der Waals surface area contributed by atoms with Crippen LogP contribution in [0.2, 0.25) is 0 Å². The summed E-state index contributed by atoms with van der Waals surface area (Å²) in [5.41, 5.74) is 1.89. The van der Waals surface area contributed by atoms with Gasteiger partial charge >= 0.3 is 0 Å². The van der Waals surface area contributed by atoms with E-state index < -0.39 is 0 Å². The lowest BCUT2D eigenvalue weighted by Crippen LogP contribution is -2.27. The number of amides is 1. The lowest BCUT2D eigenvalue weighted by Gasteiger charge is -2.17. The van der Waals surface area contributed by atoms with E-state index in [1.54, 1.807) is 6.20 Å². The van der Waals surface area contributed by atoms with Gasteiger partial charge in [-0.15, -0.1) is 11.3 Å². The first-order valence-corrected chi connectivity index (χ1v) is 13.5. The number of imidazole rings is 1. The first-order chi connectivity index (χ1) is 17.6. The average Bonchev–Trinajstić information content (AvgIpc) is 3.70. The topological polar surface area (TPSA) is 96.2 Å². The van der Waals surface area contributed by atoms with E-state index in [1.807, 2.05) is 40.9 Å². The Kier molecular flexibility index (Phi) is 6.18. The Balaban J connectivity index is 1.56. The minimum absolute atomic E-state index is 0.0695. The zero-order chi connectivity index (χ0) is 24.6. The van der Waals surface area contributed by atoms with Crippen LogP contribution in [0.15, 0.2) is 42.7 Å². The summed E-state index contributed by atoms with van der Waals surface area (Å²) >= 11 is 1.45. The molecule has 3 aromatic heterocycles. The number of anilines is 1. The molecular weight excluding hydrogens is 472 g/mol. The highest BCUT2D eigenvalue weighted by atomic mass is 32.1. The molecule has 4 heterocycles. The fraction of sp³-hybridized carbons (Fsp3) is 0.407. The van der Waals surface area contributed by atoms with Gasteiger partial charge in [0.05, 0.1) is 5.39 Å². The predicted molar refractivity (Wildman–Crippen MR) is 142 cm³/mol. The number of fused-ring (bicyclic) bond motifs is 1. The van der Waals surface area contributed by atoms with E-state index in [0.29, 0.717) is 22.4 Å². The number of aliphatic hydroxyl groups is 1. The highest BCUT2D eigenvalue weighted by Crippen LogP contribution is 2.43. The molecule has 1 aliphatic carbocycles. The van der Waals surface area contributed by atoms with Gasteiger partial charge in [-0.2, -0.15) is 0 Å². The molecule has 1 saturated heterocycles. The van der Waals surface area contributed by atoms with Crippen LogP contribution in [0.5, 0.6) is 0 Å². The summed E-state index contributed by atoms with van der Waals surface area (Å²) in [6.45, 7) is 1.79. The predicted octanol–water partition coefficient (Wildman–Crippen LogP) is 4.57. The molecule has 2 aliphatic rings. The second kappa shape index (κ2) is 9.63. The van der Waals surface area contributed by atoms with E-state index in [2.05, 4.69) is 22.4 Å². The largest absolute Gasteiger partial charge is 0.396 e. The van der Waals surface area contributed by atoms with Gasteiger partial charge in [-0.25, -0.2) is 15.0 Å². The number of nitrogens with zero attached hydrogens (tertiary/aromatic N) is 5. The fourth-order valence-corrected chi connectivity index (χ4v) is 6.61. The molecule has 9 heteroatoms. The highest BCUT2D eigenvalue weighted by Gasteiger charge is 2.31. The molecule has 1 aliphatic heterocycles. The second-order valence-corrected chi connectivity index (χ2v) is 10.8. The zero-order valence-electron chi connectivity index (χ0n) is 20.4. The van der Waals surface area contributed by atoms with Crippen LogP contribution < -0.4 is 5.32 Å². The number of benzene rings is 1. The van der Waals surface area contributed by atoms with Crippen molar-refractivity contribution in [2.75, 3.05) is 25.0 Å². The van der Waals surface area contributed by atoms with Gasteiger partial charge in [0.1, 0.15) is 15.5 Å². The van der Waals surface area contributed by atoms with Gasteiger partial charge in [0.25, 0.3) is 5.91 Å². The quantitative estimate of drug-likeness (QED) is 0.401. The van der Waals surface area contributed by atoms with Crippen molar-refractivity contribution in [3.8, 4) is 22.8 Å². The highest BCUT2D eigenvalue weighted by molar-refractivity contribution is 7.21. The molecule has 0 unspecified atom stereocenters. The first kappa shape index (κ1) is 23.1. The summed E-state index contributed by atoms with van der Waals surface area (Å²) in [5, 5.41) is 14.2. The Morgan fingerprint density at radius 1 is 1.17 bits per heavy atom. The van der Waals surface area contributed by atoms with Crippen LogP contribution in [0.25, 0.3) is 33.0 Å². The van der Waals surface area contributed by atoms with Crippen LogP contribution in [0.4, 0.5) is 5.82 Å². The molecule has 36 heavy (non-hydrogen) atoms. The van der Waals surface area contributed by atoms with Crippen molar-refractivity contribution in [2.24, 2.45) is 13.0 Å². The van der Waals surface area contributed by atoms with Crippen LogP contribution in [0.1, 0.15) is 41.8 Å². The van der Waals surface area contributed by atoms with Crippen molar-refractivity contribution < 1.29 is 9.90 Å². The summed E-state index contributed by atoms with van der Waals surface area (Å²) in [7, 11) is 1.93. The van der Waals surface area contributed by atoms with Gasteiger partial charge in [0.2, 0.25) is 0 Å². The maximum atomic E-state index is 13.7. The van der Waals surface area contributed by atoms with Crippen molar-refractivity contribution in [1.82, 2.24) is 24.4 Å². The van der Waals surface area contributed by atoms with Crippen molar-refractivity contribution >= 4 is 33.3 Å². The molecule has 2 N–H and O–H groups in total. The minimum Gasteiger partial charge on any atom is -0.396 e. The molecule has 8 nitrogen and oxygen atoms in total. The normalized spacial score (nSPS) is 19.9. The third kappa shape index (κ3) is 4.16. The number of nitrogens with one attached hydrogen (secondary N) is 1. The monoisotopic (exact) mass is 502 g/mol. The van der Waals surface area contributed by atoms with E-state index in [1.165, 1.54) is 11.3 Å². The number of hydrogen-bond acceptors (Lipinski definition) is 7. The Bertz CT molecular complexity index is 1390. The maximum Gasteiger partial charge on any atom is 0.264 e. The summed E-state index contributed by atoms with van der Waals surface area (Å²) in [6, 6.07) is 10.3. The standard InChI is InChI=1S/C27H30N6O2S/c1-32-14-11-28-25(32)24-30-23(29-19-10-9-17(15-19)16-34)21-20(18-7-3-2-4-8-18)22(36-26(21)31-24)27(35)33-12-5-6-13-33/h2-4,7-8,11,14,17,19,34H,5-6,9-10,12-13,15-16H2,1H3,(H,29,30,31)/t17-,19+/m0/s1. The molecule has 2 fully saturated rings. The lowest BCUT2D eigenvalue weighted by atomic mass is 10.0. The van der Waals surface area contributed by atoms with E-state index >= 15 is 0 Å². The van der Waals surface area contributed by atoms with Gasteiger partial charge in [-0.05, 0) is 43.6 Å². The Labute approximate surface area is 214 Å². The number of carbonyl (C=O) groups is 1. The van der Waals surface area contributed by atoms with E-state index in [-0.39, 0.29) is 18.6 Å². The molecule has 0 spiro atoms. The molecule has 4 aromatic rings. The third-order valence-electron chi connectivity index (χ3n) is 7.36. The molecule has 0 bridgehead atoms. The van der Waals surface area contributed by atoms with Gasteiger partial charge in [-0.1, -0.05) is 30.3 Å². The van der Waals surface area contributed by atoms with E-state index in [9.17, 15) is 9.90 Å². The van der Waals surface area contributed by atoms with Gasteiger partial charge in [0.15, 0.2) is 11.6 Å². The van der Waals surface area contributed by atoms with Crippen molar-refractivity contribution in [3.05, 3.63) is 47.6 Å². The van der Waals surface area contributed by atoms with Gasteiger partial charge in [0, 0.05) is 50.7 Å². The smallest absolute Gasteiger partial charge is 0.264 e. The molecule has 0 radical (unpaired) electrons. The van der Waals surface area contributed by atoms with Crippen LogP contribution >= 0.6 is 11.3 Å². The Morgan fingerprint density at radius 3 is 2.67 bits per heavy atom. The SMILES string of the molecule is Cn1ccnc1-c1nc(N[C@@H]2CC[C@H](CO)C2)c2c(-c3ccccc3)c(C(=O)N3CCCC3)sc2n1. The van der Waals surface area contributed by atoms with Crippen molar-refractivity contribution in [2.45, 2.75) is 38.1 Å². The number of rotatable bonds is 6. The summed E-state index contributed by atoms with van der Waals surface area (Å²) in [6.07, 6.45) is 8.56. The number of carbonyl (C=O) groups excluding carboxylic acids is 1. The molecule has 1 aromatic carbocycles. The van der Waals surface area contributed by atoms with Crippen LogP contribution in [-0.2, 0) is 7.05 Å². The lowest BCUT2D eigenvalue weighted by molar-refractivity contribution is 0.0798. The fourth-order valence-electron chi connectivity index (χ4n) is 5.45. The summed E-state index contributed by atoms with van der Waals surface area (Å²) in [5.74, 6) is 2.33. The van der Waals surface area contributed by atoms with Gasteiger partial charge < -0.3 is 19.9 Å². The molecule has 1 saturated carbocycles. The zero-order valence-corrected chi connectivity index (χ0v) is 21.2. The van der Waals surface area contributed by atoms with E-state index in [0.717, 1.165) is 72.4 Å². The van der Waals surface area contributed by atoms with Crippen LogP contribution in [0.3, 0.4) is 0 Å². The molecule has 1 amide bonds. The minimum atomic E-state index is 0.0695. The first-order valence-electron chi connectivity index (χ1n) is 12.7. The number of aliphatic hydroxyl groups excluding tert-OH is 1. The number of aromatic nitrogens is 4. The van der Waals surface area contributed by atoms with E-state index in [4.69, 9.17) is 9.97 Å². The van der Waals surface area contributed by atoms with Gasteiger partial charge in [-0.3, -0.25) is 4.79 Å². The molecule has 186 valence electrons.